The van der Waals surface area contributed by atoms with Crippen molar-refractivity contribution in [3.05, 3.63) is 302 Å². The topological polar surface area (TPSA) is 36.4 Å². The quantitative estimate of drug-likeness (QED) is 0.136. The van der Waals surface area contributed by atoms with E-state index in [-0.39, 0.29) is 6.17 Å². The first-order valence-electron chi connectivity index (χ1n) is 24.8. The monoisotopic (exact) mass is 921 g/mol. The van der Waals surface area contributed by atoms with Crippen molar-refractivity contribution >= 4 is 5.84 Å². The maximum atomic E-state index is 5.56. The average molecular weight is 922 g/mol. The molecule has 0 radical (unpaired) electrons. The van der Waals surface area contributed by atoms with Crippen LogP contribution in [0.2, 0.25) is 0 Å². The van der Waals surface area contributed by atoms with Gasteiger partial charge in [0.1, 0.15) is 18.2 Å². The van der Waals surface area contributed by atoms with Crippen LogP contribution >= 0.6 is 0 Å². The molecule has 2 N–H and O–H groups in total. The Balaban J connectivity index is 1.17. The van der Waals surface area contributed by atoms with Gasteiger partial charge < -0.3 is 5.32 Å². The molecule has 0 aliphatic carbocycles. The summed E-state index contributed by atoms with van der Waals surface area (Å²) >= 11 is 0. The molecule has 11 aromatic rings. The molecule has 11 aromatic carbocycles. The number of hydrogen-bond donors (Lipinski definition) is 2. The van der Waals surface area contributed by atoms with Gasteiger partial charge in [-0.15, -0.1) is 0 Å². The molecule has 0 amide bonds. The average Bonchev–Trinajstić information content (AvgIpc) is 3.48. The third kappa shape index (κ3) is 8.97. The Morgan fingerprint density at radius 2 is 0.569 bits per heavy atom. The Labute approximate surface area is 422 Å². The van der Waals surface area contributed by atoms with Crippen LogP contribution in [0.25, 0.3) is 89.0 Å². The molecular formula is C69H51N3. The Kier molecular flexibility index (Phi) is 12.3. The number of benzene rings is 11. The lowest BCUT2D eigenvalue weighted by molar-refractivity contribution is 0.409. The van der Waals surface area contributed by atoms with Crippen LogP contribution in [0.4, 0.5) is 0 Å². The van der Waals surface area contributed by atoms with E-state index in [2.05, 4.69) is 296 Å². The normalized spacial score (nSPS) is 14.2. The first-order chi connectivity index (χ1) is 35.7. The minimum absolute atomic E-state index is 0.208. The lowest BCUT2D eigenvalue weighted by Gasteiger charge is -2.32. The van der Waals surface area contributed by atoms with E-state index >= 15 is 0 Å². The van der Waals surface area contributed by atoms with Crippen molar-refractivity contribution in [2.75, 3.05) is 0 Å². The molecule has 3 heteroatoms. The molecule has 0 saturated heterocycles. The molecule has 0 saturated carbocycles. The number of aliphatic imine (C=N–C) groups is 1. The van der Waals surface area contributed by atoms with Gasteiger partial charge in [0.05, 0.1) is 0 Å². The molecule has 0 bridgehead atoms. The summed E-state index contributed by atoms with van der Waals surface area (Å²) in [4.78, 5) is 5.56. The van der Waals surface area contributed by atoms with Gasteiger partial charge in [-0.1, -0.05) is 255 Å². The minimum Gasteiger partial charge on any atom is -0.350 e. The first-order valence-corrected chi connectivity index (χ1v) is 24.8. The van der Waals surface area contributed by atoms with Gasteiger partial charge in [0, 0.05) is 5.56 Å². The zero-order valence-electron chi connectivity index (χ0n) is 39.7. The highest BCUT2D eigenvalue weighted by Gasteiger charge is 2.28. The second-order valence-electron chi connectivity index (χ2n) is 18.3. The number of rotatable bonds is 11. The first kappa shape index (κ1) is 44.1. The number of hydrogen-bond acceptors (Lipinski definition) is 3. The van der Waals surface area contributed by atoms with Crippen LogP contribution in [0.5, 0.6) is 0 Å². The van der Waals surface area contributed by atoms with Crippen LogP contribution in [-0.4, -0.2) is 5.84 Å². The van der Waals surface area contributed by atoms with Crippen molar-refractivity contribution in [3.8, 4) is 89.0 Å². The second-order valence-corrected chi connectivity index (χ2v) is 18.3. The van der Waals surface area contributed by atoms with E-state index in [9.17, 15) is 0 Å². The summed E-state index contributed by atoms with van der Waals surface area (Å²) in [7, 11) is 0. The number of nitrogens with zero attached hydrogens (tertiary/aromatic N) is 1. The molecule has 3 nitrogen and oxygen atoms in total. The summed E-state index contributed by atoms with van der Waals surface area (Å²) in [6.45, 7) is 0. The van der Waals surface area contributed by atoms with E-state index in [0.29, 0.717) is 0 Å². The summed E-state index contributed by atoms with van der Waals surface area (Å²) in [5.74, 6) is 0.840. The van der Waals surface area contributed by atoms with Gasteiger partial charge in [-0.3, -0.25) is 5.32 Å². The largest absolute Gasteiger partial charge is 0.350 e. The van der Waals surface area contributed by atoms with Crippen LogP contribution in [0.1, 0.15) is 29.0 Å². The van der Waals surface area contributed by atoms with Gasteiger partial charge in [-0.25, -0.2) is 4.99 Å². The molecular weight excluding hydrogens is 871 g/mol. The van der Waals surface area contributed by atoms with Crippen molar-refractivity contribution in [2.24, 2.45) is 4.99 Å². The Hall–Kier alpha value is -9.15. The van der Waals surface area contributed by atoms with Gasteiger partial charge in [-0.05, 0) is 130 Å². The molecule has 1 aliphatic rings. The number of amidine groups is 1. The smallest absolute Gasteiger partial charge is 0.131 e. The van der Waals surface area contributed by atoms with Crippen LogP contribution in [-0.2, 0) is 0 Å². The van der Waals surface area contributed by atoms with Crippen molar-refractivity contribution in [1.29, 1.82) is 0 Å². The number of nitrogens with one attached hydrogen (secondary N) is 2. The molecule has 72 heavy (non-hydrogen) atoms. The van der Waals surface area contributed by atoms with E-state index in [1.165, 1.54) is 38.9 Å². The van der Waals surface area contributed by atoms with Crippen LogP contribution < -0.4 is 10.6 Å². The van der Waals surface area contributed by atoms with Crippen molar-refractivity contribution < 1.29 is 0 Å². The summed E-state index contributed by atoms with van der Waals surface area (Å²) in [6, 6.07) is 103. The second kappa shape index (κ2) is 20.1. The van der Waals surface area contributed by atoms with E-state index in [4.69, 9.17) is 4.99 Å². The molecule has 2 unspecified atom stereocenters. The fraction of sp³-hybridized carbons (Fsp3) is 0.0290. The maximum absolute atomic E-state index is 5.56. The standard InChI is InChI=1S/C69H51N3/c1-9-25-48(26-10-1)59-41-42-60(66(53-35-19-6-20-36-53)65(59)52-33-17-5-18-34-52)56-43-57(45-58(44-56)69-71-67(54-37-21-7-22-38-54)70-68(72-69)55-39-23-8-24-40-55)64-47-62(50-29-13-3-14-30-50)61(49-27-11-2-12-28-49)46-63(64)51-31-15-4-16-32-51/h1-47,67,69,71H,(H,70,72). The lowest BCUT2D eigenvalue weighted by atomic mass is 9.81. The highest BCUT2D eigenvalue weighted by Crippen LogP contribution is 2.48. The zero-order valence-corrected chi connectivity index (χ0v) is 39.7. The lowest BCUT2D eigenvalue weighted by Crippen LogP contribution is -2.44. The fourth-order valence-corrected chi connectivity index (χ4v) is 10.3. The third-order valence-electron chi connectivity index (χ3n) is 13.8. The SMILES string of the molecule is c1ccc(C2=NC(c3cc(-c4cc(-c5ccccc5)c(-c5ccccc5)cc4-c4ccccc4)cc(-c4ccc(-c5ccccc5)c(-c5ccccc5)c4-c4ccccc4)c3)NC(c3ccccc3)N2)cc1. The van der Waals surface area contributed by atoms with Crippen LogP contribution in [0.15, 0.2) is 290 Å². The van der Waals surface area contributed by atoms with Crippen LogP contribution in [0.3, 0.4) is 0 Å². The maximum Gasteiger partial charge on any atom is 0.131 e. The summed E-state index contributed by atoms with van der Waals surface area (Å²) in [5.41, 5.74) is 21.7. The summed E-state index contributed by atoms with van der Waals surface area (Å²) in [6.07, 6.45) is -0.625. The van der Waals surface area contributed by atoms with Gasteiger partial charge in [0.2, 0.25) is 0 Å². The van der Waals surface area contributed by atoms with Gasteiger partial charge in [-0.2, -0.15) is 0 Å². The molecule has 0 aromatic heterocycles. The van der Waals surface area contributed by atoms with Crippen LogP contribution in [0, 0.1) is 0 Å². The van der Waals surface area contributed by atoms with Gasteiger partial charge in [0.15, 0.2) is 0 Å². The zero-order chi connectivity index (χ0) is 48.1. The van der Waals surface area contributed by atoms with E-state index in [1.807, 2.05) is 0 Å². The molecule has 12 rings (SSSR count). The van der Waals surface area contributed by atoms with Crippen molar-refractivity contribution in [1.82, 2.24) is 10.6 Å². The van der Waals surface area contributed by atoms with Crippen molar-refractivity contribution in [3.63, 3.8) is 0 Å². The Morgan fingerprint density at radius 1 is 0.250 bits per heavy atom. The highest BCUT2D eigenvalue weighted by atomic mass is 15.3. The molecule has 0 fully saturated rings. The van der Waals surface area contributed by atoms with E-state index < -0.39 is 6.17 Å². The molecule has 1 aliphatic heterocycles. The van der Waals surface area contributed by atoms with Gasteiger partial charge >= 0.3 is 0 Å². The highest BCUT2D eigenvalue weighted by molar-refractivity contribution is 6.03. The Bertz CT molecular complexity index is 3580. The third-order valence-corrected chi connectivity index (χ3v) is 13.8. The summed E-state index contributed by atoms with van der Waals surface area (Å²) in [5, 5.41) is 7.75. The van der Waals surface area contributed by atoms with E-state index in [0.717, 1.165) is 72.6 Å². The predicted molar refractivity (Wildman–Crippen MR) is 301 cm³/mol. The van der Waals surface area contributed by atoms with E-state index in [1.54, 1.807) is 0 Å². The van der Waals surface area contributed by atoms with Crippen molar-refractivity contribution in [2.45, 2.75) is 12.3 Å². The minimum atomic E-state index is -0.417. The molecule has 342 valence electrons. The van der Waals surface area contributed by atoms with Gasteiger partial charge in [0.25, 0.3) is 0 Å². The summed E-state index contributed by atoms with van der Waals surface area (Å²) < 4.78 is 0. The molecule has 2 atom stereocenters. The Morgan fingerprint density at radius 3 is 0.986 bits per heavy atom. The molecule has 1 heterocycles. The fourth-order valence-electron chi connectivity index (χ4n) is 10.3. The predicted octanol–water partition coefficient (Wildman–Crippen LogP) is 17.4. The molecule has 0 spiro atoms.